The number of aryl methyl sites for hydroxylation is 1. The predicted molar refractivity (Wildman–Crippen MR) is 56.7 cm³/mol. The Hall–Kier alpha value is -1.96. The number of nitrogens with zero attached hydrogens (tertiary/aromatic N) is 3. The first-order chi connectivity index (χ1) is 7.66. The lowest BCUT2D eigenvalue weighted by atomic mass is 10.4. The van der Waals surface area contributed by atoms with Gasteiger partial charge >= 0.3 is 0 Å². The molecular formula is C8H9N5O2S. The van der Waals surface area contributed by atoms with E-state index >= 15 is 0 Å². The van der Waals surface area contributed by atoms with Gasteiger partial charge in [-0.2, -0.15) is 0 Å². The number of rotatable bonds is 3. The van der Waals surface area contributed by atoms with Crippen LogP contribution >= 0.6 is 11.3 Å². The molecule has 7 nitrogen and oxygen atoms in total. The van der Waals surface area contributed by atoms with Gasteiger partial charge in [0.25, 0.3) is 5.91 Å². The highest BCUT2D eigenvalue weighted by Crippen LogP contribution is 2.11. The number of amides is 1. The first-order valence-electron chi connectivity index (χ1n) is 4.44. The molecule has 0 saturated carbocycles. The van der Waals surface area contributed by atoms with Gasteiger partial charge < -0.3 is 11.1 Å². The van der Waals surface area contributed by atoms with E-state index in [0.717, 1.165) is 9.88 Å². The Kier molecular flexibility index (Phi) is 2.82. The maximum atomic E-state index is 11.5. The van der Waals surface area contributed by atoms with Gasteiger partial charge in [0, 0.05) is 11.1 Å². The zero-order chi connectivity index (χ0) is 11.5. The lowest BCUT2D eigenvalue weighted by molar-refractivity contribution is 0.0942. The lowest BCUT2D eigenvalue weighted by Crippen LogP contribution is -2.23. The van der Waals surface area contributed by atoms with Gasteiger partial charge in [-0.25, -0.2) is 9.61 Å². The molecule has 16 heavy (non-hydrogen) atoms. The summed E-state index contributed by atoms with van der Waals surface area (Å²) in [6, 6.07) is 0. The van der Waals surface area contributed by atoms with E-state index in [4.69, 9.17) is 5.73 Å². The average Bonchev–Trinajstić information content (AvgIpc) is 2.84. The van der Waals surface area contributed by atoms with Crippen molar-refractivity contribution in [2.75, 3.05) is 5.73 Å². The normalized spacial score (nSPS) is 10.3. The molecular weight excluding hydrogens is 230 g/mol. The van der Waals surface area contributed by atoms with E-state index in [1.807, 2.05) is 6.92 Å². The highest BCUT2D eigenvalue weighted by atomic mass is 32.1. The van der Waals surface area contributed by atoms with Gasteiger partial charge in [0.15, 0.2) is 0 Å². The number of anilines is 1. The molecule has 0 aliphatic carbocycles. The molecule has 84 valence electrons. The van der Waals surface area contributed by atoms with Crippen molar-refractivity contribution in [3.05, 3.63) is 21.8 Å². The van der Waals surface area contributed by atoms with E-state index in [0.29, 0.717) is 6.54 Å². The van der Waals surface area contributed by atoms with E-state index in [9.17, 15) is 4.79 Å². The topological polar surface area (TPSA) is 107 Å². The first-order valence-corrected chi connectivity index (χ1v) is 5.26. The quantitative estimate of drug-likeness (QED) is 0.800. The zero-order valence-corrected chi connectivity index (χ0v) is 9.24. The third-order valence-corrected chi connectivity index (χ3v) is 2.73. The highest BCUT2D eigenvalue weighted by molar-refractivity contribution is 7.11. The van der Waals surface area contributed by atoms with Crippen molar-refractivity contribution < 1.29 is 9.42 Å². The minimum atomic E-state index is -0.412. The summed E-state index contributed by atoms with van der Waals surface area (Å²) < 4.78 is 4.33. The number of hydrogen-bond donors (Lipinski definition) is 2. The minimum absolute atomic E-state index is 0.00115. The molecule has 0 aliphatic rings. The van der Waals surface area contributed by atoms with Crippen LogP contribution in [-0.4, -0.2) is 21.2 Å². The van der Waals surface area contributed by atoms with Crippen LogP contribution in [0.15, 0.2) is 10.8 Å². The number of nitrogen functional groups attached to an aromatic ring is 1. The van der Waals surface area contributed by atoms with Crippen LogP contribution in [0, 0.1) is 6.92 Å². The lowest BCUT2D eigenvalue weighted by Gasteiger charge is -1.99. The predicted octanol–water partition coefficient (Wildman–Crippen LogP) is 0.347. The summed E-state index contributed by atoms with van der Waals surface area (Å²) in [6.45, 7) is 2.28. The van der Waals surface area contributed by atoms with Crippen LogP contribution in [0.4, 0.5) is 5.82 Å². The molecule has 0 fully saturated rings. The van der Waals surface area contributed by atoms with Crippen LogP contribution in [0.3, 0.4) is 0 Å². The Morgan fingerprint density at radius 2 is 2.44 bits per heavy atom. The maximum absolute atomic E-state index is 11.5. The maximum Gasteiger partial charge on any atom is 0.277 e. The van der Waals surface area contributed by atoms with Gasteiger partial charge in [-0.3, -0.25) is 4.79 Å². The van der Waals surface area contributed by atoms with Crippen LogP contribution in [0.25, 0.3) is 0 Å². The Bertz CT molecular complexity index is 506. The summed E-state index contributed by atoms with van der Waals surface area (Å²) in [7, 11) is 0. The van der Waals surface area contributed by atoms with Crippen molar-refractivity contribution in [3.8, 4) is 0 Å². The van der Waals surface area contributed by atoms with Gasteiger partial charge in [0.1, 0.15) is 0 Å². The van der Waals surface area contributed by atoms with Gasteiger partial charge in [-0.1, -0.05) is 0 Å². The van der Waals surface area contributed by atoms with Crippen molar-refractivity contribution in [2.24, 2.45) is 0 Å². The van der Waals surface area contributed by atoms with Crippen LogP contribution < -0.4 is 11.1 Å². The highest BCUT2D eigenvalue weighted by Gasteiger charge is 2.15. The summed E-state index contributed by atoms with van der Waals surface area (Å²) in [5.41, 5.74) is 5.38. The average molecular weight is 239 g/mol. The Morgan fingerprint density at radius 3 is 3.00 bits per heavy atom. The Morgan fingerprint density at radius 1 is 1.62 bits per heavy atom. The van der Waals surface area contributed by atoms with Crippen LogP contribution in [0.1, 0.15) is 20.4 Å². The third kappa shape index (κ3) is 2.16. The fraction of sp³-hybridized carbons (Fsp3) is 0.250. The molecule has 1 amide bonds. The molecule has 0 aromatic carbocycles. The summed E-state index contributed by atoms with van der Waals surface area (Å²) in [4.78, 5) is 16.6. The van der Waals surface area contributed by atoms with Crippen molar-refractivity contribution in [2.45, 2.75) is 13.5 Å². The molecule has 0 atom stereocenters. The second-order valence-corrected chi connectivity index (χ2v) is 4.35. The van der Waals surface area contributed by atoms with Gasteiger partial charge in [0.2, 0.25) is 11.5 Å². The number of aromatic nitrogens is 3. The molecule has 2 heterocycles. The van der Waals surface area contributed by atoms with Gasteiger partial charge in [-0.05, 0) is 17.2 Å². The molecule has 0 radical (unpaired) electrons. The fourth-order valence-corrected chi connectivity index (χ4v) is 1.83. The van der Waals surface area contributed by atoms with E-state index in [-0.39, 0.29) is 11.5 Å². The number of carbonyl (C=O) groups excluding carboxylic acids is 1. The standard InChI is InChI=1S/C8H9N5O2S/c1-4-10-2-5(16-4)3-11-8(14)6-7(9)13-15-12-6/h2H,3H2,1H3,(H2,9,13)(H,11,14). The number of carbonyl (C=O) groups is 1. The number of hydrogen-bond acceptors (Lipinski definition) is 7. The molecule has 0 unspecified atom stereocenters. The van der Waals surface area contributed by atoms with Crippen molar-refractivity contribution in [3.63, 3.8) is 0 Å². The fourth-order valence-electron chi connectivity index (χ4n) is 1.09. The summed E-state index contributed by atoms with van der Waals surface area (Å²) in [6.07, 6.45) is 1.71. The molecule has 8 heteroatoms. The molecule has 2 rings (SSSR count). The second kappa shape index (κ2) is 4.27. The van der Waals surface area contributed by atoms with E-state index < -0.39 is 5.91 Å². The van der Waals surface area contributed by atoms with E-state index in [1.54, 1.807) is 6.20 Å². The number of nitrogens with one attached hydrogen (secondary N) is 1. The van der Waals surface area contributed by atoms with Gasteiger partial charge in [-0.15, -0.1) is 11.3 Å². The van der Waals surface area contributed by atoms with E-state index in [1.165, 1.54) is 11.3 Å². The molecule has 0 spiro atoms. The summed E-state index contributed by atoms with van der Waals surface area (Å²) >= 11 is 1.51. The Balaban J connectivity index is 1.96. The largest absolute Gasteiger partial charge is 0.379 e. The number of thiazole rings is 1. The van der Waals surface area contributed by atoms with Crippen LogP contribution in [0.5, 0.6) is 0 Å². The second-order valence-electron chi connectivity index (χ2n) is 3.03. The van der Waals surface area contributed by atoms with Crippen LogP contribution in [-0.2, 0) is 6.54 Å². The third-order valence-electron chi connectivity index (χ3n) is 1.82. The molecule has 0 aliphatic heterocycles. The molecule has 2 aromatic heterocycles. The van der Waals surface area contributed by atoms with Crippen molar-refractivity contribution in [1.82, 2.24) is 20.6 Å². The summed E-state index contributed by atoms with van der Waals surface area (Å²) in [5.74, 6) is -0.428. The number of nitrogens with two attached hydrogens (primary N) is 1. The molecule has 3 N–H and O–H groups in total. The first kappa shape index (κ1) is 10.6. The molecule has 0 bridgehead atoms. The zero-order valence-electron chi connectivity index (χ0n) is 8.43. The van der Waals surface area contributed by atoms with Gasteiger partial charge in [0.05, 0.1) is 11.6 Å². The van der Waals surface area contributed by atoms with Crippen molar-refractivity contribution in [1.29, 1.82) is 0 Å². The van der Waals surface area contributed by atoms with Crippen LogP contribution in [0.2, 0.25) is 0 Å². The minimum Gasteiger partial charge on any atom is -0.379 e. The Labute approximate surface area is 94.6 Å². The smallest absolute Gasteiger partial charge is 0.277 e. The molecule has 2 aromatic rings. The SMILES string of the molecule is Cc1ncc(CNC(=O)c2nonc2N)s1. The van der Waals surface area contributed by atoms with Crippen molar-refractivity contribution >= 4 is 23.1 Å². The molecule has 0 saturated heterocycles. The monoisotopic (exact) mass is 239 g/mol. The van der Waals surface area contributed by atoms with E-state index in [2.05, 4.69) is 25.2 Å². The summed E-state index contributed by atoms with van der Waals surface area (Å²) in [5, 5.41) is 10.3.